The van der Waals surface area contributed by atoms with Gasteiger partial charge in [-0.05, 0) is 64.4 Å². The predicted molar refractivity (Wildman–Crippen MR) is 78.7 cm³/mol. The molecule has 0 unspecified atom stereocenters. The maximum atomic E-state index is 5.56. The molecule has 1 aromatic rings. The van der Waals surface area contributed by atoms with Crippen LogP contribution in [0.5, 0.6) is 5.75 Å². The summed E-state index contributed by atoms with van der Waals surface area (Å²) in [7, 11) is 2.21. The van der Waals surface area contributed by atoms with Gasteiger partial charge in [0, 0.05) is 12.7 Å². The standard InChI is InChI=1S/C15H25N3O/c1-3-19-14-5-4-9-16-15(14)17-10-6-13-7-11-18(2)12-8-13/h4-5,9,13H,3,6-8,10-12H2,1-2H3,(H,16,17). The molecule has 1 aliphatic rings. The molecule has 1 aromatic heterocycles. The summed E-state index contributed by atoms with van der Waals surface area (Å²) < 4.78 is 5.56. The van der Waals surface area contributed by atoms with Gasteiger partial charge in [0.05, 0.1) is 6.61 Å². The summed E-state index contributed by atoms with van der Waals surface area (Å²) in [6, 6.07) is 3.88. The molecule has 4 heteroatoms. The van der Waals surface area contributed by atoms with Crippen LogP contribution in [0.3, 0.4) is 0 Å². The van der Waals surface area contributed by atoms with E-state index in [0.29, 0.717) is 6.61 Å². The number of aromatic nitrogens is 1. The number of hydrogen-bond donors (Lipinski definition) is 1. The van der Waals surface area contributed by atoms with Gasteiger partial charge in [-0.2, -0.15) is 0 Å². The first-order valence-electron chi connectivity index (χ1n) is 7.30. The van der Waals surface area contributed by atoms with E-state index >= 15 is 0 Å². The molecule has 0 radical (unpaired) electrons. The fourth-order valence-electron chi connectivity index (χ4n) is 2.54. The summed E-state index contributed by atoms with van der Waals surface area (Å²) in [5.74, 6) is 2.58. The summed E-state index contributed by atoms with van der Waals surface area (Å²) >= 11 is 0. The Balaban J connectivity index is 1.76. The highest BCUT2D eigenvalue weighted by Crippen LogP contribution is 2.23. The van der Waals surface area contributed by atoms with Crippen molar-refractivity contribution in [3.05, 3.63) is 18.3 Å². The maximum Gasteiger partial charge on any atom is 0.168 e. The van der Waals surface area contributed by atoms with Gasteiger partial charge in [0.25, 0.3) is 0 Å². The van der Waals surface area contributed by atoms with Crippen LogP contribution in [-0.2, 0) is 0 Å². The van der Waals surface area contributed by atoms with Gasteiger partial charge >= 0.3 is 0 Å². The molecule has 0 spiro atoms. The zero-order valence-electron chi connectivity index (χ0n) is 12.1. The largest absolute Gasteiger partial charge is 0.490 e. The third-order valence-electron chi connectivity index (χ3n) is 3.75. The van der Waals surface area contributed by atoms with E-state index < -0.39 is 0 Å². The molecule has 0 aliphatic carbocycles. The van der Waals surface area contributed by atoms with Crippen molar-refractivity contribution >= 4 is 5.82 Å². The lowest BCUT2D eigenvalue weighted by atomic mass is 9.94. The van der Waals surface area contributed by atoms with Gasteiger partial charge < -0.3 is 15.0 Å². The fourth-order valence-corrected chi connectivity index (χ4v) is 2.54. The molecule has 0 aromatic carbocycles. The van der Waals surface area contributed by atoms with E-state index in [2.05, 4.69) is 22.2 Å². The number of rotatable bonds is 6. The number of ether oxygens (including phenoxy) is 1. The Labute approximate surface area is 116 Å². The van der Waals surface area contributed by atoms with E-state index in [1.165, 1.54) is 32.4 Å². The molecule has 4 nitrogen and oxygen atoms in total. The van der Waals surface area contributed by atoms with Crippen LogP contribution in [0.1, 0.15) is 26.2 Å². The Morgan fingerprint density at radius 3 is 2.95 bits per heavy atom. The first-order valence-corrected chi connectivity index (χ1v) is 7.30. The molecule has 0 amide bonds. The molecule has 2 heterocycles. The second kappa shape index (κ2) is 7.34. The van der Waals surface area contributed by atoms with E-state index in [4.69, 9.17) is 4.74 Å². The Hall–Kier alpha value is -1.29. The normalized spacial score (nSPS) is 17.4. The number of hydrogen-bond acceptors (Lipinski definition) is 4. The van der Waals surface area contributed by atoms with Gasteiger partial charge in [0.15, 0.2) is 11.6 Å². The van der Waals surface area contributed by atoms with Gasteiger partial charge in [0.2, 0.25) is 0 Å². The van der Waals surface area contributed by atoms with Crippen LogP contribution < -0.4 is 10.1 Å². The zero-order valence-corrected chi connectivity index (χ0v) is 12.1. The lowest BCUT2D eigenvalue weighted by molar-refractivity contribution is 0.215. The van der Waals surface area contributed by atoms with E-state index in [-0.39, 0.29) is 0 Å². The van der Waals surface area contributed by atoms with Crippen molar-refractivity contribution in [2.24, 2.45) is 5.92 Å². The molecule has 19 heavy (non-hydrogen) atoms. The smallest absolute Gasteiger partial charge is 0.168 e. The summed E-state index contributed by atoms with van der Waals surface area (Å²) in [5, 5.41) is 3.41. The molecule has 0 saturated carbocycles. The topological polar surface area (TPSA) is 37.4 Å². The van der Waals surface area contributed by atoms with Crippen molar-refractivity contribution in [1.82, 2.24) is 9.88 Å². The Bertz CT molecular complexity index is 375. The molecule has 1 fully saturated rings. The number of nitrogens with zero attached hydrogens (tertiary/aromatic N) is 2. The highest BCUT2D eigenvalue weighted by Gasteiger charge is 2.16. The maximum absolute atomic E-state index is 5.56. The van der Waals surface area contributed by atoms with E-state index in [1.54, 1.807) is 6.20 Å². The number of pyridine rings is 1. The van der Waals surface area contributed by atoms with Gasteiger partial charge in [-0.1, -0.05) is 0 Å². The summed E-state index contributed by atoms with van der Waals surface area (Å²) in [6.07, 6.45) is 5.66. The first kappa shape index (κ1) is 14.1. The van der Waals surface area contributed by atoms with E-state index in [1.807, 2.05) is 19.1 Å². The number of likely N-dealkylation sites (tertiary alicyclic amines) is 1. The molecule has 1 aliphatic heterocycles. The first-order chi connectivity index (χ1) is 9.29. The molecular weight excluding hydrogens is 238 g/mol. The van der Waals surface area contributed by atoms with Crippen molar-refractivity contribution in [3.8, 4) is 5.75 Å². The minimum Gasteiger partial charge on any atom is -0.490 e. The van der Waals surface area contributed by atoms with E-state index in [0.717, 1.165) is 24.0 Å². The van der Waals surface area contributed by atoms with Crippen LogP contribution >= 0.6 is 0 Å². The molecule has 0 bridgehead atoms. The molecular formula is C15H25N3O. The van der Waals surface area contributed by atoms with Crippen LogP contribution in [-0.4, -0.2) is 43.2 Å². The number of anilines is 1. The molecule has 2 rings (SSSR count). The Morgan fingerprint density at radius 1 is 1.42 bits per heavy atom. The summed E-state index contributed by atoms with van der Waals surface area (Å²) in [5.41, 5.74) is 0. The fraction of sp³-hybridized carbons (Fsp3) is 0.667. The van der Waals surface area contributed by atoms with Gasteiger partial charge in [-0.15, -0.1) is 0 Å². The highest BCUT2D eigenvalue weighted by atomic mass is 16.5. The zero-order chi connectivity index (χ0) is 13.5. The van der Waals surface area contributed by atoms with Crippen molar-refractivity contribution in [1.29, 1.82) is 0 Å². The lowest BCUT2D eigenvalue weighted by Crippen LogP contribution is -2.30. The molecule has 1 N–H and O–H groups in total. The van der Waals surface area contributed by atoms with Crippen LogP contribution in [0, 0.1) is 5.92 Å². The average molecular weight is 263 g/mol. The average Bonchev–Trinajstić information content (AvgIpc) is 2.43. The van der Waals surface area contributed by atoms with Crippen LogP contribution in [0.25, 0.3) is 0 Å². The Morgan fingerprint density at radius 2 is 2.21 bits per heavy atom. The van der Waals surface area contributed by atoms with Gasteiger partial charge in [-0.3, -0.25) is 0 Å². The van der Waals surface area contributed by atoms with E-state index in [9.17, 15) is 0 Å². The van der Waals surface area contributed by atoms with Gasteiger partial charge in [-0.25, -0.2) is 4.98 Å². The number of piperidine rings is 1. The quantitative estimate of drug-likeness (QED) is 0.856. The van der Waals surface area contributed by atoms with Crippen LogP contribution in [0.2, 0.25) is 0 Å². The monoisotopic (exact) mass is 263 g/mol. The third-order valence-corrected chi connectivity index (χ3v) is 3.75. The minimum absolute atomic E-state index is 0.676. The SMILES string of the molecule is CCOc1cccnc1NCCC1CCN(C)CC1. The van der Waals surface area contributed by atoms with Gasteiger partial charge in [0.1, 0.15) is 0 Å². The van der Waals surface area contributed by atoms with Crippen molar-refractivity contribution in [2.75, 3.05) is 38.6 Å². The molecule has 1 saturated heterocycles. The Kier molecular flexibility index (Phi) is 5.45. The summed E-state index contributed by atoms with van der Waals surface area (Å²) in [4.78, 5) is 6.76. The second-order valence-corrected chi connectivity index (χ2v) is 5.25. The molecule has 0 atom stereocenters. The van der Waals surface area contributed by atoms with Crippen LogP contribution in [0.15, 0.2) is 18.3 Å². The number of nitrogens with one attached hydrogen (secondary N) is 1. The van der Waals surface area contributed by atoms with Crippen molar-refractivity contribution < 1.29 is 4.74 Å². The van der Waals surface area contributed by atoms with Crippen molar-refractivity contribution in [2.45, 2.75) is 26.2 Å². The molecule has 106 valence electrons. The van der Waals surface area contributed by atoms with Crippen molar-refractivity contribution in [3.63, 3.8) is 0 Å². The lowest BCUT2D eigenvalue weighted by Gasteiger charge is -2.28. The third kappa shape index (κ3) is 4.39. The van der Waals surface area contributed by atoms with Crippen LogP contribution in [0.4, 0.5) is 5.82 Å². The minimum atomic E-state index is 0.676. The second-order valence-electron chi connectivity index (χ2n) is 5.25. The summed E-state index contributed by atoms with van der Waals surface area (Å²) in [6.45, 7) is 6.12. The highest BCUT2D eigenvalue weighted by molar-refractivity contribution is 5.49. The predicted octanol–water partition coefficient (Wildman–Crippen LogP) is 2.62.